The summed E-state index contributed by atoms with van der Waals surface area (Å²) in [6, 6.07) is 17.7. The normalized spacial score (nSPS) is 30.1. The van der Waals surface area contributed by atoms with Crippen LogP contribution in [-0.4, -0.2) is 0 Å². The number of benzene rings is 2. The molecule has 106 valence electrons. The van der Waals surface area contributed by atoms with Crippen LogP contribution in [-0.2, 0) is 0 Å². The lowest BCUT2D eigenvalue weighted by atomic mass is 9.92. The van der Waals surface area contributed by atoms with Crippen molar-refractivity contribution in [3.8, 4) is 11.1 Å². The van der Waals surface area contributed by atoms with Gasteiger partial charge >= 0.3 is 0 Å². The van der Waals surface area contributed by atoms with Gasteiger partial charge in [-0.05, 0) is 33.4 Å². The van der Waals surface area contributed by atoms with Crippen molar-refractivity contribution in [2.45, 2.75) is 13.8 Å². The van der Waals surface area contributed by atoms with Gasteiger partial charge in [0.2, 0.25) is 0 Å². The molecule has 22 heavy (non-hydrogen) atoms. The Kier molecular flexibility index (Phi) is 2.06. The van der Waals surface area contributed by atoms with E-state index in [9.17, 15) is 0 Å². The molecule has 0 amide bonds. The lowest BCUT2D eigenvalue weighted by Crippen LogP contribution is -2.03. The van der Waals surface area contributed by atoms with Gasteiger partial charge in [0.15, 0.2) is 0 Å². The highest BCUT2D eigenvalue weighted by molar-refractivity contribution is 6.04. The Morgan fingerprint density at radius 1 is 0.591 bits per heavy atom. The standard InChI is InChI=1S/C22H18/c1-21-13-7-8-14-22(21,2)20(21)19-17-11-5-3-9-15(17)16-10-4-6-12-18(16)19/h3-14H,1-2H3. The fraction of sp³-hybridized carbons (Fsp3) is 0.182. The highest BCUT2D eigenvalue weighted by atomic mass is 14.7. The maximum Gasteiger partial charge on any atom is 0.0210 e. The molecular formula is C22H18. The molecule has 3 aliphatic rings. The number of hydrogen-bond acceptors (Lipinski definition) is 0. The fourth-order valence-electron chi connectivity index (χ4n) is 4.55. The molecule has 1 fully saturated rings. The molecule has 5 rings (SSSR count). The predicted octanol–water partition coefficient (Wildman–Crippen LogP) is 5.62. The lowest BCUT2D eigenvalue weighted by molar-refractivity contribution is 0.552. The van der Waals surface area contributed by atoms with Crippen LogP contribution in [0.15, 0.2) is 78.4 Å². The van der Waals surface area contributed by atoms with Gasteiger partial charge < -0.3 is 0 Å². The molecule has 0 heterocycles. The number of allylic oxidation sites excluding steroid dienone is 5. The minimum atomic E-state index is 0.168. The molecule has 2 aromatic carbocycles. The molecular weight excluding hydrogens is 264 g/mol. The predicted molar refractivity (Wildman–Crippen MR) is 92.4 cm³/mol. The summed E-state index contributed by atoms with van der Waals surface area (Å²) in [5.41, 5.74) is 8.93. The van der Waals surface area contributed by atoms with Gasteiger partial charge in [-0.1, -0.05) is 86.7 Å². The van der Waals surface area contributed by atoms with E-state index in [0.29, 0.717) is 0 Å². The first kappa shape index (κ1) is 12.2. The summed E-state index contributed by atoms with van der Waals surface area (Å²) >= 11 is 0. The number of fused-ring (bicyclic) bond motifs is 4. The summed E-state index contributed by atoms with van der Waals surface area (Å²) in [5.74, 6) is 0. The fourth-order valence-corrected chi connectivity index (χ4v) is 4.55. The van der Waals surface area contributed by atoms with Crippen molar-refractivity contribution in [1.82, 2.24) is 0 Å². The summed E-state index contributed by atoms with van der Waals surface area (Å²) in [5, 5.41) is 0. The molecule has 3 aliphatic carbocycles. The van der Waals surface area contributed by atoms with Gasteiger partial charge in [0, 0.05) is 10.8 Å². The SMILES string of the molecule is CC12C=CC=CC1(C)C2=C1c2ccccc2-c2ccccc21. The van der Waals surface area contributed by atoms with Crippen molar-refractivity contribution in [2.24, 2.45) is 10.8 Å². The Bertz CT molecular complexity index is 836. The second-order valence-corrected chi connectivity index (χ2v) is 6.96. The molecule has 0 saturated heterocycles. The molecule has 0 aromatic heterocycles. The first-order valence-electron chi connectivity index (χ1n) is 7.98. The van der Waals surface area contributed by atoms with Crippen LogP contribution in [0.3, 0.4) is 0 Å². The van der Waals surface area contributed by atoms with Crippen molar-refractivity contribution in [2.75, 3.05) is 0 Å². The van der Waals surface area contributed by atoms with Gasteiger partial charge in [0.05, 0.1) is 0 Å². The second-order valence-electron chi connectivity index (χ2n) is 6.96. The van der Waals surface area contributed by atoms with Crippen molar-refractivity contribution < 1.29 is 0 Å². The van der Waals surface area contributed by atoms with Crippen LogP contribution in [0.1, 0.15) is 25.0 Å². The summed E-state index contributed by atoms with van der Waals surface area (Å²) in [6.07, 6.45) is 9.14. The van der Waals surface area contributed by atoms with E-state index in [2.05, 4.69) is 86.7 Å². The maximum atomic E-state index is 2.37. The minimum Gasteiger partial charge on any atom is -0.0733 e. The smallest absolute Gasteiger partial charge is 0.0210 e. The van der Waals surface area contributed by atoms with E-state index in [0.717, 1.165) is 0 Å². The molecule has 0 nitrogen and oxygen atoms in total. The first-order chi connectivity index (χ1) is 10.7. The van der Waals surface area contributed by atoms with E-state index in [-0.39, 0.29) is 10.8 Å². The average Bonchev–Trinajstić information content (AvgIpc) is 2.89. The first-order valence-corrected chi connectivity index (χ1v) is 7.98. The van der Waals surface area contributed by atoms with Crippen molar-refractivity contribution in [1.29, 1.82) is 0 Å². The maximum absolute atomic E-state index is 2.37. The molecule has 0 spiro atoms. The number of rotatable bonds is 0. The van der Waals surface area contributed by atoms with Gasteiger partial charge in [-0.15, -0.1) is 0 Å². The van der Waals surface area contributed by atoms with Gasteiger partial charge in [0.25, 0.3) is 0 Å². The van der Waals surface area contributed by atoms with Crippen LogP contribution in [0, 0.1) is 10.8 Å². The molecule has 0 N–H and O–H groups in total. The van der Waals surface area contributed by atoms with Crippen LogP contribution in [0.2, 0.25) is 0 Å². The van der Waals surface area contributed by atoms with Crippen molar-refractivity contribution >= 4 is 5.57 Å². The molecule has 2 atom stereocenters. The largest absolute Gasteiger partial charge is 0.0733 e. The monoisotopic (exact) mass is 282 g/mol. The molecule has 0 aliphatic heterocycles. The Morgan fingerprint density at radius 3 is 1.45 bits per heavy atom. The zero-order chi connectivity index (χ0) is 14.9. The Labute approximate surface area is 131 Å². The molecule has 2 unspecified atom stereocenters. The topological polar surface area (TPSA) is 0 Å². The van der Waals surface area contributed by atoms with Crippen molar-refractivity contribution in [3.63, 3.8) is 0 Å². The zero-order valence-electron chi connectivity index (χ0n) is 12.9. The number of hydrogen-bond donors (Lipinski definition) is 0. The lowest BCUT2D eigenvalue weighted by Gasteiger charge is -2.11. The molecule has 1 saturated carbocycles. The third-order valence-electron chi connectivity index (χ3n) is 5.96. The van der Waals surface area contributed by atoms with E-state index in [1.54, 1.807) is 5.57 Å². The van der Waals surface area contributed by atoms with Crippen LogP contribution in [0.25, 0.3) is 16.7 Å². The van der Waals surface area contributed by atoms with Gasteiger partial charge in [0.1, 0.15) is 0 Å². The van der Waals surface area contributed by atoms with Gasteiger partial charge in [-0.25, -0.2) is 0 Å². The van der Waals surface area contributed by atoms with Gasteiger partial charge in [-0.3, -0.25) is 0 Å². The summed E-state index contributed by atoms with van der Waals surface area (Å²) in [4.78, 5) is 0. The van der Waals surface area contributed by atoms with Gasteiger partial charge in [-0.2, -0.15) is 0 Å². The minimum absolute atomic E-state index is 0.168. The van der Waals surface area contributed by atoms with E-state index >= 15 is 0 Å². The summed E-state index contributed by atoms with van der Waals surface area (Å²) in [7, 11) is 0. The van der Waals surface area contributed by atoms with Crippen LogP contribution in [0.5, 0.6) is 0 Å². The van der Waals surface area contributed by atoms with Crippen LogP contribution >= 0.6 is 0 Å². The zero-order valence-corrected chi connectivity index (χ0v) is 12.9. The van der Waals surface area contributed by atoms with Crippen LogP contribution < -0.4 is 0 Å². The Morgan fingerprint density at radius 2 is 1.00 bits per heavy atom. The van der Waals surface area contributed by atoms with E-state index in [1.807, 2.05) is 0 Å². The van der Waals surface area contributed by atoms with E-state index in [4.69, 9.17) is 0 Å². The Hall–Kier alpha value is -2.34. The second kappa shape index (κ2) is 3.70. The van der Waals surface area contributed by atoms with Crippen molar-refractivity contribution in [3.05, 3.63) is 89.5 Å². The van der Waals surface area contributed by atoms with Crippen LogP contribution in [0.4, 0.5) is 0 Å². The molecule has 0 bridgehead atoms. The highest BCUT2D eigenvalue weighted by Crippen LogP contribution is 2.74. The quantitative estimate of drug-likeness (QED) is 0.502. The molecule has 2 aromatic rings. The van der Waals surface area contributed by atoms with E-state index in [1.165, 1.54) is 27.8 Å². The third-order valence-corrected chi connectivity index (χ3v) is 5.96. The molecule has 0 radical (unpaired) electrons. The summed E-state index contributed by atoms with van der Waals surface area (Å²) in [6.45, 7) is 4.75. The molecule has 0 heteroatoms. The highest BCUT2D eigenvalue weighted by Gasteiger charge is 2.65. The average molecular weight is 282 g/mol. The third kappa shape index (κ3) is 1.21. The Balaban J connectivity index is 1.90. The van der Waals surface area contributed by atoms with E-state index < -0.39 is 0 Å². The summed E-state index contributed by atoms with van der Waals surface area (Å²) < 4.78 is 0.